The fraction of sp³-hybridized carbons (Fsp3) is 0.571. The van der Waals surface area contributed by atoms with E-state index in [1.165, 1.54) is 31.4 Å². The molecule has 0 aromatic heterocycles. The van der Waals surface area contributed by atoms with E-state index < -0.39 is 95.5 Å². The Balaban J connectivity index is 1.22. The molecule has 2 aromatic carbocycles. The number of ether oxygens (including phenoxy) is 8. The summed E-state index contributed by atoms with van der Waals surface area (Å²) in [6.07, 6.45) is 3.84. The summed E-state index contributed by atoms with van der Waals surface area (Å²) in [4.78, 5) is 62.0. The second-order valence-corrected chi connectivity index (χ2v) is 21.8. The minimum atomic E-state index is -1.74. The van der Waals surface area contributed by atoms with E-state index in [2.05, 4.69) is 11.0 Å². The van der Waals surface area contributed by atoms with Crippen LogP contribution in [-0.4, -0.2) is 148 Å². The summed E-state index contributed by atoms with van der Waals surface area (Å²) < 4.78 is 50.8. The highest BCUT2D eigenvalue weighted by Gasteiger charge is 2.86. The number of carbonyl (C=O) groups is 4. The number of aliphatic hydroxyl groups is 4. The van der Waals surface area contributed by atoms with E-state index in [1.54, 1.807) is 13.0 Å². The smallest absolute Gasteiger partial charge is 0.343 e. The molecule has 0 radical (unpaired) electrons. The zero-order chi connectivity index (χ0) is 52.5. The van der Waals surface area contributed by atoms with Crippen LogP contribution in [0.4, 0.5) is 0 Å². The third kappa shape index (κ3) is 8.86. The fourth-order valence-electron chi connectivity index (χ4n) is 12.5. The van der Waals surface area contributed by atoms with Crippen LogP contribution in [0.5, 0.6) is 23.0 Å². The molecule has 17 heteroatoms. The van der Waals surface area contributed by atoms with Gasteiger partial charge < -0.3 is 58.3 Å². The first-order valence-electron chi connectivity index (χ1n) is 25.3. The molecule has 10 rings (SSSR count). The molecule has 3 aliphatic carbocycles. The van der Waals surface area contributed by atoms with Crippen molar-refractivity contribution in [1.82, 2.24) is 4.90 Å². The van der Waals surface area contributed by atoms with Crippen LogP contribution in [-0.2, 0) is 35.0 Å². The Morgan fingerprint density at radius 1 is 0.890 bits per heavy atom. The number of fused-ring (bicyclic) bond motifs is 2. The highest BCUT2D eigenvalue weighted by Crippen LogP contribution is 2.71. The molecule has 17 nitrogen and oxygen atoms in total. The number of methoxy groups -OCH3 is 1. The van der Waals surface area contributed by atoms with Crippen molar-refractivity contribution in [2.75, 3.05) is 40.0 Å². The van der Waals surface area contributed by atoms with Gasteiger partial charge in [0.25, 0.3) is 0 Å². The average molecular weight is 1010 g/mol. The summed E-state index contributed by atoms with van der Waals surface area (Å²) in [5, 5.41) is 40.9. The predicted octanol–water partition coefficient (Wildman–Crippen LogP) is 5.41. The zero-order valence-electron chi connectivity index (χ0n) is 43.1. The van der Waals surface area contributed by atoms with Gasteiger partial charge in [-0.05, 0) is 117 Å². The molecular formula is C56H69NO16. The first-order chi connectivity index (χ1) is 34.6. The quantitative estimate of drug-likeness (QED) is 0.0803. The molecule has 4 bridgehead atoms. The lowest BCUT2D eigenvalue weighted by molar-refractivity contribution is -0.277. The Hall–Kier alpha value is -5.24. The number of allylic oxidation sites excluding steroid dienone is 4. The third-order valence-corrected chi connectivity index (χ3v) is 16.1. The van der Waals surface area contributed by atoms with Crippen molar-refractivity contribution < 1.29 is 77.5 Å². The summed E-state index contributed by atoms with van der Waals surface area (Å²) in [5.74, 6) is -3.64. The molecule has 0 amide bonds. The maximum atomic E-state index is 16.6. The number of benzene rings is 2. The summed E-state index contributed by atoms with van der Waals surface area (Å²) in [5.41, 5.74) is -1.80. The SMILES string of the molecule is COC(=O)/C(C)=C\CC12OC(C)(C)C3CC(C1=O)C(N1CCOCC1)C1C(=O)c4c(OC(=O)c5ccc(O[C@@H]6O[C@H](CO)[C@@H](O)[C@H](O)[C@H]6O)cc5)c5c(c(CC=C(C)C)c4OC132)OC(C)(CCC=C(C)C)C=C5. The minimum absolute atomic E-state index is 0.0377. The maximum Gasteiger partial charge on any atom is 0.343 e. The van der Waals surface area contributed by atoms with E-state index in [9.17, 15) is 30.0 Å². The van der Waals surface area contributed by atoms with Gasteiger partial charge in [-0.3, -0.25) is 14.5 Å². The average Bonchev–Trinajstić information content (AvgIpc) is 3.50. The van der Waals surface area contributed by atoms with Gasteiger partial charge in [-0.1, -0.05) is 29.4 Å². The third-order valence-electron chi connectivity index (χ3n) is 16.1. The minimum Gasteiger partial charge on any atom is -0.482 e. The van der Waals surface area contributed by atoms with Crippen molar-refractivity contribution in [2.24, 2.45) is 17.8 Å². The second kappa shape index (κ2) is 19.8. The van der Waals surface area contributed by atoms with Crippen LogP contribution in [0.1, 0.15) is 113 Å². The van der Waals surface area contributed by atoms with Gasteiger partial charge in [0.05, 0.1) is 49.6 Å². The highest BCUT2D eigenvalue weighted by atomic mass is 16.7. The lowest BCUT2D eigenvalue weighted by atomic mass is 9.44. The zero-order valence-corrected chi connectivity index (χ0v) is 43.1. The van der Waals surface area contributed by atoms with Crippen LogP contribution in [0.3, 0.4) is 0 Å². The van der Waals surface area contributed by atoms with Crippen LogP contribution in [0.25, 0.3) is 6.08 Å². The Morgan fingerprint density at radius 3 is 2.25 bits per heavy atom. The van der Waals surface area contributed by atoms with Gasteiger partial charge in [0.1, 0.15) is 52.8 Å². The number of esters is 2. The molecule has 73 heavy (non-hydrogen) atoms. The molecule has 1 spiro atoms. The number of aliphatic hydroxyl groups excluding tert-OH is 4. The van der Waals surface area contributed by atoms with E-state index in [-0.39, 0.29) is 58.4 Å². The van der Waals surface area contributed by atoms with Crippen molar-refractivity contribution >= 4 is 29.6 Å². The topological polar surface area (TPSA) is 226 Å². The molecular weight excluding hydrogens is 943 g/mol. The molecule has 5 aliphatic heterocycles. The van der Waals surface area contributed by atoms with Gasteiger partial charge >= 0.3 is 11.9 Å². The van der Waals surface area contributed by atoms with Gasteiger partial charge in [0.2, 0.25) is 6.29 Å². The van der Waals surface area contributed by atoms with Gasteiger partial charge in [-0.2, -0.15) is 0 Å². The fourth-order valence-corrected chi connectivity index (χ4v) is 12.5. The monoisotopic (exact) mass is 1010 g/mol. The first kappa shape index (κ1) is 52.6. The van der Waals surface area contributed by atoms with Crippen molar-refractivity contribution in [2.45, 2.75) is 147 Å². The maximum absolute atomic E-state index is 16.6. The molecule has 394 valence electrons. The molecule has 12 atom stereocenters. The largest absolute Gasteiger partial charge is 0.482 e. The number of morpholine rings is 1. The normalized spacial score (nSPS) is 33.9. The molecule has 3 saturated heterocycles. The molecule has 2 aromatic rings. The summed E-state index contributed by atoms with van der Waals surface area (Å²) >= 11 is 0. The van der Waals surface area contributed by atoms with Crippen molar-refractivity contribution in [3.63, 3.8) is 0 Å². The van der Waals surface area contributed by atoms with Gasteiger partial charge in [0, 0.05) is 48.5 Å². The number of hydrogen-bond acceptors (Lipinski definition) is 17. The first-order valence-corrected chi connectivity index (χ1v) is 25.3. The Morgan fingerprint density at radius 2 is 1.59 bits per heavy atom. The van der Waals surface area contributed by atoms with E-state index in [0.29, 0.717) is 62.4 Å². The second-order valence-electron chi connectivity index (χ2n) is 21.8. The number of hydrogen-bond donors (Lipinski definition) is 4. The molecule has 3 saturated carbocycles. The van der Waals surface area contributed by atoms with Gasteiger partial charge in [-0.15, -0.1) is 0 Å². The van der Waals surface area contributed by atoms with Gasteiger partial charge in [0.15, 0.2) is 28.5 Å². The highest BCUT2D eigenvalue weighted by molar-refractivity contribution is 6.11. The van der Waals surface area contributed by atoms with E-state index in [1.807, 2.05) is 66.7 Å². The van der Waals surface area contributed by atoms with Crippen LogP contribution < -0.4 is 18.9 Å². The number of nitrogens with zero attached hydrogens (tertiary/aromatic N) is 1. The molecule has 4 N–H and O–H groups in total. The number of rotatable bonds is 14. The molecule has 7 unspecified atom stereocenters. The van der Waals surface area contributed by atoms with E-state index in [4.69, 9.17) is 37.9 Å². The van der Waals surface area contributed by atoms with Crippen molar-refractivity contribution in [3.8, 4) is 23.0 Å². The Labute approximate surface area is 425 Å². The van der Waals surface area contributed by atoms with E-state index in [0.717, 1.165) is 11.1 Å². The van der Waals surface area contributed by atoms with Gasteiger partial charge in [-0.25, -0.2) is 9.59 Å². The van der Waals surface area contributed by atoms with Crippen LogP contribution in [0.15, 0.2) is 65.3 Å². The molecule has 8 aliphatic rings. The predicted molar refractivity (Wildman–Crippen MR) is 264 cm³/mol. The van der Waals surface area contributed by atoms with Crippen LogP contribution in [0.2, 0.25) is 0 Å². The van der Waals surface area contributed by atoms with Crippen LogP contribution in [0, 0.1) is 17.8 Å². The Kier molecular flexibility index (Phi) is 14.3. The van der Waals surface area contributed by atoms with Crippen LogP contribution >= 0.6 is 0 Å². The van der Waals surface area contributed by atoms with E-state index >= 15 is 9.59 Å². The number of ketones is 2. The summed E-state index contributed by atoms with van der Waals surface area (Å²) in [7, 11) is 1.29. The molecule has 5 heterocycles. The standard InChI is InChI=1S/C56H69NO16/c1-29(2)11-10-20-54(8)21-19-35-46(71-54)34(17-12-30(3)4)48-39(47(35)70-51(65)32-13-15-33(16-14-32)68-52-45(62)44(61)42(59)37(28-58)69-52)43(60)40-41(57-23-25-67-26-24-57)36-27-38-53(6,7)73-55(49(36)63,56(38,40)72-48)22-18-31(5)50(64)66-9/h11-16,18-19,21,36-38,40-42,44-45,52,58-59,61-62H,10,17,20,22-28H2,1-9H3/b31-18-/t36?,37-,38?,40?,41?,42-,44+,45-,52-,54?,55?,56?/m1/s1. The lowest BCUT2D eigenvalue weighted by Crippen LogP contribution is -2.82. The summed E-state index contributed by atoms with van der Waals surface area (Å²) in [6, 6.07) is 5.07. The number of carbonyl (C=O) groups excluding carboxylic acids is 4. The van der Waals surface area contributed by atoms with Crippen molar-refractivity contribution in [3.05, 3.63) is 87.5 Å². The number of Topliss-reactive ketones (excluding diaryl/α,β-unsaturated/α-hetero) is 2. The summed E-state index contributed by atoms with van der Waals surface area (Å²) in [6.45, 7) is 16.5. The molecule has 6 fully saturated rings. The Bertz CT molecular complexity index is 2650. The lowest BCUT2D eigenvalue weighted by Gasteiger charge is -2.64. The van der Waals surface area contributed by atoms with Crippen molar-refractivity contribution in [1.29, 1.82) is 0 Å².